The lowest BCUT2D eigenvalue weighted by Crippen LogP contribution is -2.33. The molecule has 0 spiro atoms. The zero-order valence-corrected chi connectivity index (χ0v) is 14.9. The standard InChI is InChI=1S/C17H17FN2O6S/c18-13-3-5-14(6-4-13)25-9-10-26-17(22)12-1-7-15(8-2-12)27(23,24)20-11-16(19)21/h1-8,20H,9-11H2,(H2,19,21). The molecule has 0 aliphatic heterocycles. The number of nitrogens with one attached hydrogen (secondary N) is 1. The van der Waals surface area contributed by atoms with E-state index in [1.807, 2.05) is 4.72 Å². The van der Waals surface area contributed by atoms with Gasteiger partial charge in [0, 0.05) is 0 Å². The number of nitrogens with two attached hydrogens (primary N) is 1. The molecule has 2 rings (SSSR count). The highest BCUT2D eigenvalue weighted by atomic mass is 32.2. The second-order valence-corrected chi connectivity index (χ2v) is 7.02. The fourth-order valence-electron chi connectivity index (χ4n) is 1.93. The third kappa shape index (κ3) is 6.35. The molecule has 1 amide bonds. The summed E-state index contributed by atoms with van der Waals surface area (Å²) in [5.41, 5.74) is 5.03. The summed E-state index contributed by atoms with van der Waals surface area (Å²) in [5, 5.41) is 0. The van der Waals surface area contributed by atoms with Crippen LogP contribution in [0.15, 0.2) is 53.4 Å². The number of amides is 1. The molecule has 0 saturated heterocycles. The van der Waals surface area contributed by atoms with E-state index in [9.17, 15) is 22.4 Å². The fraction of sp³-hybridized carbons (Fsp3) is 0.176. The predicted molar refractivity (Wildman–Crippen MR) is 93.0 cm³/mol. The molecule has 0 atom stereocenters. The zero-order chi connectivity index (χ0) is 19.9. The first kappa shape index (κ1) is 20.3. The normalized spacial score (nSPS) is 11.0. The quantitative estimate of drug-likeness (QED) is 0.478. The largest absolute Gasteiger partial charge is 0.490 e. The van der Waals surface area contributed by atoms with Gasteiger partial charge in [-0.3, -0.25) is 4.79 Å². The molecule has 0 bridgehead atoms. The van der Waals surface area contributed by atoms with E-state index < -0.39 is 28.4 Å². The van der Waals surface area contributed by atoms with Crippen LogP contribution in [0.4, 0.5) is 4.39 Å². The number of rotatable bonds is 9. The van der Waals surface area contributed by atoms with Crippen molar-refractivity contribution in [1.29, 1.82) is 0 Å². The van der Waals surface area contributed by atoms with Gasteiger partial charge >= 0.3 is 5.97 Å². The van der Waals surface area contributed by atoms with E-state index in [0.29, 0.717) is 5.75 Å². The molecule has 10 heteroatoms. The predicted octanol–water partition coefficient (Wildman–Crippen LogP) is 0.825. The molecule has 27 heavy (non-hydrogen) atoms. The molecule has 144 valence electrons. The Morgan fingerprint density at radius 1 is 1.00 bits per heavy atom. The molecule has 0 aliphatic carbocycles. The minimum atomic E-state index is -3.90. The molecular weight excluding hydrogens is 379 g/mol. The number of sulfonamides is 1. The van der Waals surface area contributed by atoms with Gasteiger partial charge in [0.15, 0.2) is 0 Å². The first-order valence-electron chi connectivity index (χ1n) is 7.71. The van der Waals surface area contributed by atoms with Gasteiger partial charge in [-0.25, -0.2) is 22.3 Å². The molecule has 2 aromatic carbocycles. The van der Waals surface area contributed by atoms with Crippen LogP contribution in [0.25, 0.3) is 0 Å². The van der Waals surface area contributed by atoms with Gasteiger partial charge in [-0.1, -0.05) is 0 Å². The lowest BCUT2D eigenvalue weighted by Gasteiger charge is -2.08. The Labute approximate surface area is 155 Å². The number of primary amides is 1. The summed E-state index contributed by atoms with van der Waals surface area (Å²) >= 11 is 0. The van der Waals surface area contributed by atoms with E-state index >= 15 is 0 Å². The number of esters is 1. The van der Waals surface area contributed by atoms with E-state index in [4.69, 9.17) is 15.2 Å². The monoisotopic (exact) mass is 396 g/mol. The molecule has 3 N–H and O–H groups in total. The molecule has 0 saturated carbocycles. The smallest absolute Gasteiger partial charge is 0.338 e. The van der Waals surface area contributed by atoms with Crippen molar-refractivity contribution in [3.05, 3.63) is 59.9 Å². The fourth-order valence-corrected chi connectivity index (χ4v) is 2.92. The highest BCUT2D eigenvalue weighted by Crippen LogP contribution is 2.12. The Bertz CT molecular complexity index is 898. The van der Waals surface area contributed by atoms with Gasteiger partial charge in [0.1, 0.15) is 24.8 Å². The first-order chi connectivity index (χ1) is 12.8. The number of carbonyl (C=O) groups is 2. The van der Waals surface area contributed by atoms with Gasteiger partial charge in [-0.2, -0.15) is 0 Å². The van der Waals surface area contributed by atoms with Crippen LogP contribution in [0.3, 0.4) is 0 Å². The number of carbonyl (C=O) groups excluding carboxylic acids is 2. The SMILES string of the molecule is NC(=O)CNS(=O)(=O)c1ccc(C(=O)OCCOc2ccc(F)cc2)cc1. The molecule has 0 radical (unpaired) electrons. The Hall–Kier alpha value is -2.98. The molecular formula is C17H17FN2O6S. The molecule has 8 nitrogen and oxygen atoms in total. The van der Waals surface area contributed by atoms with Crippen LogP contribution in [-0.4, -0.2) is 40.1 Å². The molecule has 0 aromatic heterocycles. The van der Waals surface area contributed by atoms with Gasteiger partial charge < -0.3 is 15.2 Å². The van der Waals surface area contributed by atoms with Crippen molar-refractivity contribution in [3.8, 4) is 5.75 Å². The maximum Gasteiger partial charge on any atom is 0.338 e. The summed E-state index contributed by atoms with van der Waals surface area (Å²) in [6, 6.07) is 10.4. The van der Waals surface area contributed by atoms with E-state index in [2.05, 4.69) is 0 Å². The number of hydrogen-bond acceptors (Lipinski definition) is 6. The van der Waals surface area contributed by atoms with Crippen LogP contribution in [-0.2, 0) is 19.6 Å². The van der Waals surface area contributed by atoms with Crippen LogP contribution in [0.1, 0.15) is 10.4 Å². The third-order valence-electron chi connectivity index (χ3n) is 3.24. The summed E-state index contributed by atoms with van der Waals surface area (Å²) in [5.74, 6) is -1.43. The summed E-state index contributed by atoms with van der Waals surface area (Å²) < 4.78 is 48.9. The minimum Gasteiger partial charge on any atom is -0.490 e. The number of benzene rings is 2. The van der Waals surface area contributed by atoms with Crippen molar-refractivity contribution in [1.82, 2.24) is 4.72 Å². The van der Waals surface area contributed by atoms with Gasteiger partial charge in [-0.05, 0) is 48.5 Å². The molecule has 0 heterocycles. The lowest BCUT2D eigenvalue weighted by atomic mass is 10.2. The van der Waals surface area contributed by atoms with Crippen molar-refractivity contribution in [3.63, 3.8) is 0 Å². The average molecular weight is 396 g/mol. The van der Waals surface area contributed by atoms with Gasteiger partial charge in [0.2, 0.25) is 15.9 Å². The summed E-state index contributed by atoms with van der Waals surface area (Å²) in [7, 11) is -3.90. The van der Waals surface area contributed by atoms with Gasteiger partial charge in [0.05, 0.1) is 17.0 Å². The topological polar surface area (TPSA) is 125 Å². The van der Waals surface area contributed by atoms with Crippen LogP contribution in [0, 0.1) is 5.82 Å². The number of halogens is 1. The Balaban J connectivity index is 1.84. The Morgan fingerprint density at radius 3 is 2.22 bits per heavy atom. The van der Waals surface area contributed by atoms with Crippen molar-refractivity contribution in [2.24, 2.45) is 5.73 Å². The van der Waals surface area contributed by atoms with Crippen molar-refractivity contribution >= 4 is 21.9 Å². The Kier molecular flexibility index (Phi) is 6.85. The van der Waals surface area contributed by atoms with E-state index in [1.165, 1.54) is 48.5 Å². The summed E-state index contributed by atoms with van der Waals surface area (Å²) in [4.78, 5) is 22.5. The second kappa shape index (κ2) is 9.10. The average Bonchev–Trinajstić information content (AvgIpc) is 2.65. The lowest BCUT2D eigenvalue weighted by molar-refractivity contribution is -0.116. The maximum absolute atomic E-state index is 12.8. The minimum absolute atomic E-state index is 0.0452. The van der Waals surface area contributed by atoms with Crippen molar-refractivity contribution < 1.29 is 31.9 Å². The first-order valence-corrected chi connectivity index (χ1v) is 9.20. The van der Waals surface area contributed by atoms with Crippen LogP contribution < -0.4 is 15.2 Å². The number of ether oxygens (including phenoxy) is 2. The zero-order valence-electron chi connectivity index (χ0n) is 14.1. The molecule has 0 fully saturated rings. The Morgan fingerprint density at radius 2 is 1.63 bits per heavy atom. The van der Waals surface area contributed by atoms with E-state index in [1.54, 1.807) is 0 Å². The van der Waals surface area contributed by atoms with Gasteiger partial charge in [0.25, 0.3) is 0 Å². The van der Waals surface area contributed by atoms with Crippen LogP contribution >= 0.6 is 0 Å². The highest BCUT2D eigenvalue weighted by molar-refractivity contribution is 7.89. The van der Waals surface area contributed by atoms with Crippen molar-refractivity contribution in [2.75, 3.05) is 19.8 Å². The van der Waals surface area contributed by atoms with Crippen molar-refractivity contribution in [2.45, 2.75) is 4.90 Å². The van der Waals surface area contributed by atoms with E-state index in [-0.39, 0.29) is 29.5 Å². The van der Waals surface area contributed by atoms with E-state index in [0.717, 1.165) is 0 Å². The third-order valence-corrected chi connectivity index (χ3v) is 4.65. The maximum atomic E-state index is 12.8. The second-order valence-electron chi connectivity index (χ2n) is 5.25. The highest BCUT2D eigenvalue weighted by Gasteiger charge is 2.16. The molecule has 2 aromatic rings. The summed E-state index contributed by atoms with van der Waals surface area (Å²) in [6.45, 7) is -0.502. The van der Waals surface area contributed by atoms with Gasteiger partial charge in [-0.15, -0.1) is 0 Å². The van der Waals surface area contributed by atoms with Crippen LogP contribution in [0.5, 0.6) is 5.75 Å². The molecule has 0 unspecified atom stereocenters. The summed E-state index contributed by atoms with van der Waals surface area (Å²) in [6.07, 6.45) is 0. The van der Waals surface area contributed by atoms with Crippen LogP contribution in [0.2, 0.25) is 0 Å². The molecule has 0 aliphatic rings. The number of hydrogen-bond donors (Lipinski definition) is 2.